The summed E-state index contributed by atoms with van der Waals surface area (Å²) in [5.41, 5.74) is 2.93. The Bertz CT molecular complexity index is 983. The van der Waals surface area contributed by atoms with Crippen LogP contribution in [0.3, 0.4) is 0 Å². The van der Waals surface area contributed by atoms with Gasteiger partial charge in [-0.05, 0) is 75.5 Å². The number of carbonyl (C=O) groups excluding carboxylic acids is 2. The van der Waals surface area contributed by atoms with E-state index in [1.165, 1.54) is 11.6 Å². The molecule has 0 spiro atoms. The van der Waals surface area contributed by atoms with Gasteiger partial charge in [0.1, 0.15) is 5.82 Å². The van der Waals surface area contributed by atoms with Gasteiger partial charge < -0.3 is 10.2 Å². The van der Waals surface area contributed by atoms with Crippen LogP contribution in [0.4, 0.5) is 10.1 Å². The highest BCUT2D eigenvalue weighted by Crippen LogP contribution is 2.41. The van der Waals surface area contributed by atoms with E-state index < -0.39 is 0 Å². The molecule has 2 aromatic carbocycles. The number of hydrogen-bond acceptors (Lipinski definition) is 3. The zero-order valence-electron chi connectivity index (χ0n) is 18.9. The second-order valence-electron chi connectivity index (χ2n) is 9.20. The van der Waals surface area contributed by atoms with Crippen LogP contribution >= 0.6 is 0 Å². The summed E-state index contributed by atoms with van der Waals surface area (Å²) in [6.45, 7) is 0.690. The molecule has 6 heteroatoms. The van der Waals surface area contributed by atoms with E-state index in [9.17, 15) is 14.0 Å². The molecule has 1 aliphatic carbocycles. The number of nitrogens with zero attached hydrogens (tertiary/aromatic N) is 2. The maximum Gasteiger partial charge on any atom is 0.227 e. The van der Waals surface area contributed by atoms with Crippen LogP contribution in [0, 0.1) is 5.82 Å². The van der Waals surface area contributed by atoms with Crippen molar-refractivity contribution in [2.45, 2.75) is 56.5 Å². The maximum atomic E-state index is 13.8. The SMILES string of the molecule is CN(C)C1(c2cccc(F)c2)CCC(NC(=O)CCC(=O)N2CCc3ccccc32)CC1. The van der Waals surface area contributed by atoms with Gasteiger partial charge in [0.2, 0.25) is 11.8 Å². The van der Waals surface area contributed by atoms with E-state index in [0.29, 0.717) is 6.54 Å². The van der Waals surface area contributed by atoms with Crippen LogP contribution in [0.15, 0.2) is 48.5 Å². The molecule has 5 nitrogen and oxygen atoms in total. The number of nitrogens with one attached hydrogen (secondary N) is 1. The van der Waals surface area contributed by atoms with Crippen molar-refractivity contribution in [1.29, 1.82) is 0 Å². The summed E-state index contributed by atoms with van der Waals surface area (Å²) < 4.78 is 13.8. The molecule has 0 aromatic heterocycles. The first-order valence-corrected chi connectivity index (χ1v) is 11.5. The molecule has 4 rings (SSSR count). The number of anilines is 1. The Morgan fingerprint density at radius 3 is 2.56 bits per heavy atom. The monoisotopic (exact) mass is 437 g/mol. The van der Waals surface area contributed by atoms with Crippen LogP contribution in [0.25, 0.3) is 0 Å². The molecule has 2 amide bonds. The van der Waals surface area contributed by atoms with Crippen molar-refractivity contribution in [2.75, 3.05) is 25.5 Å². The first-order valence-electron chi connectivity index (χ1n) is 11.5. The maximum absolute atomic E-state index is 13.8. The van der Waals surface area contributed by atoms with Gasteiger partial charge in [-0.1, -0.05) is 30.3 Å². The lowest BCUT2D eigenvalue weighted by Crippen LogP contribution is -2.48. The lowest BCUT2D eigenvalue weighted by atomic mass is 9.74. The minimum Gasteiger partial charge on any atom is -0.353 e. The number of amides is 2. The van der Waals surface area contributed by atoms with Crippen molar-refractivity contribution >= 4 is 17.5 Å². The summed E-state index contributed by atoms with van der Waals surface area (Å²) in [4.78, 5) is 29.2. The summed E-state index contributed by atoms with van der Waals surface area (Å²) in [5, 5.41) is 3.12. The first kappa shape index (κ1) is 22.5. The summed E-state index contributed by atoms with van der Waals surface area (Å²) in [7, 11) is 4.07. The molecule has 170 valence electrons. The van der Waals surface area contributed by atoms with Crippen molar-refractivity contribution < 1.29 is 14.0 Å². The summed E-state index contributed by atoms with van der Waals surface area (Å²) >= 11 is 0. The van der Waals surface area contributed by atoms with Gasteiger partial charge >= 0.3 is 0 Å². The van der Waals surface area contributed by atoms with E-state index in [0.717, 1.165) is 43.4 Å². The first-order chi connectivity index (χ1) is 15.4. The van der Waals surface area contributed by atoms with E-state index >= 15 is 0 Å². The molecule has 0 bridgehead atoms. The molecule has 0 radical (unpaired) electrons. The molecule has 1 heterocycles. The zero-order valence-corrected chi connectivity index (χ0v) is 18.9. The summed E-state index contributed by atoms with van der Waals surface area (Å²) in [6, 6.07) is 14.9. The Labute approximate surface area is 189 Å². The average Bonchev–Trinajstić information content (AvgIpc) is 3.22. The Kier molecular flexibility index (Phi) is 6.60. The largest absolute Gasteiger partial charge is 0.353 e. The fraction of sp³-hybridized carbons (Fsp3) is 0.462. The van der Waals surface area contributed by atoms with E-state index in [1.54, 1.807) is 17.0 Å². The number of para-hydroxylation sites is 1. The van der Waals surface area contributed by atoms with Crippen molar-refractivity contribution in [3.63, 3.8) is 0 Å². The van der Waals surface area contributed by atoms with Crippen molar-refractivity contribution in [3.05, 3.63) is 65.5 Å². The molecule has 0 saturated heterocycles. The van der Waals surface area contributed by atoms with E-state index in [2.05, 4.69) is 16.3 Å². The molecule has 1 saturated carbocycles. The highest BCUT2D eigenvalue weighted by molar-refractivity contribution is 5.97. The van der Waals surface area contributed by atoms with Crippen LogP contribution in [0.2, 0.25) is 0 Å². The molecule has 2 aromatic rings. The summed E-state index contributed by atoms with van der Waals surface area (Å²) in [5.74, 6) is -0.283. The molecule has 1 N–H and O–H groups in total. The molecule has 32 heavy (non-hydrogen) atoms. The second-order valence-corrected chi connectivity index (χ2v) is 9.20. The van der Waals surface area contributed by atoms with Gasteiger partial charge in [-0.3, -0.25) is 14.5 Å². The molecule has 0 atom stereocenters. The Morgan fingerprint density at radius 2 is 1.84 bits per heavy atom. The van der Waals surface area contributed by atoms with Crippen LogP contribution in [0.5, 0.6) is 0 Å². The van der Waals surface area contributed by atoms with Crippen LogP contribution in [0.1, 0.15) is 49.7 Å². The third-order valence-corrected chi connectivity index (χ3v) is 7.15. The van der Waals surface area contributed by atoms with E-state index in [-0.39, 0.29) is 42.1 Å². The molecule has 1 fully saturated rings. The summed E-state index contributed by atoms with van der Waals surface area (Å²) in [6.07, 6.45) is 4.64. The number of fused-ring (bicyclic) bond motifs is 1. The Hall–Kier alpha value is -2.73. The normalized spacial score (nSPS) is 22.6. The van der Waals surface area contributed by atoms with E-state index in [4.69, 9.17) is 0 Å². The van der Waals surface area contributed by atoms with Gasteiger partial charge in [0.25, 0.3) is 0 Å². The Morgan fingerprint density at radius 1 is 1.09 bits per heavy atom. The van der Waals surface area contributed by atoms with Crippen LogP contribution < -0.4 is 10.2 Å². The Balaban J connectivity index is 1.29. The lowest BCUT2D eigenvalue weighted by molar-refractivity contribution is -0.126. The molecule has 1 aliphatic heterocycles. The van der Waals surface area contributed by atoms with Crippen molar-refractivity contribution in [3.8, 4) is 0 Å². The minimum atomic E-state index is -0.220. The number of hydrogen-bond donors (Lipinski definition) is 1. The van der Waals surface area contributed by atoms with Crippen LogP contribution in [-0.2, 0) is 21.5 Å². The topological polar surface area (TPSA) is 52.7 Å². The molecular weight excluding hydrogens is 405 g/mol. The lowest BCUT2D eigenvalue weighted by Gasteiger charge is -2.45. The smallest absolute Gasteiger partial charge is 0.227 e. The minimum absolute atomic E-state index is 0.00599. The van der Waals surface area contributed by atoms with Crippen molar-refractivity contribution in [2.24, 2.45) is 0 Å². The predicted octanol–water partition coefficient (Wildman–Crippen LogP) is 4.01. The highest BCUT2D eigenvalue weighted by Gasteiger charge is 2.39. The third-order valence-electron chi connectivity index (χ3n) is 7.15. The number of rotatable bonds is 6. The van der Waals surface area contributed by atoms with Gasteiger partial charge in [-0.15, -0.1) is 0 Å². The average molecular weight is 438 g/mol. The van der Waals surface area contributed by atoms with Crippen LogP contribution in [-0.4, -0.2) is 43.4 Å². The van der Waals surface area contributed by atoms with Gasteiger partial charge in [-0.25, -0.2) is 4.39 Å². The number of halogens is 1. The predicted molar refractivity (Wildman–Crippen MR) is 124 cm³/mol. The molecule has 2 aliphatic rings. The third kappa shape index (κ3) is 4.56. The quantitative estimate of drug-likeness (QED) is 0.743. The second kappa shape index (κ2) is 9.41. The highest BCUT2D eigenvalue weighted by atomic mass is 19.1. The standard InChI is InChI=1S/C26H32FN3O2/c1-29(2)26(20-7-5-8-21(27)18-20)15-12-22(13-16-26)28-24(31)10-11-25(32)30-17-14-19-6-3-4-9-23(19)30/h3-9,18,22H,10-17H2,1-2H3,(H,28,31). The van der Waals surface area contributed by atoms with Gasteiger partial charge in [0.15, 0.2) is 0 Å². The van der Waals surface area contributed by atoms with Gasteiger partial charge in [0, 0.05) is 36.7 Å². The molecule has 0 unspecified atom stereocenters. The van der Waals surface area contributed by atoms with Gasteiger partial charge in [0.05, 0.1) is 0 Å². The fourth-order valence-corrected chi connectivity index (χ4v) is 5.26. The zero-order chi connectivity index (χ0) is 22.7. The molecular formula is C26H32FN3O2. The van der Waals surface area contributed by atoms with E-state index in [1.807, 2.05) is 38.4 Å². The van der Waals surface area contributed by atoms with Gasteiger partial charge in [-0.2, -0.15) is 0 Å². The number of benzene rings is 2. The van der Waals surface area contributed by atoms with Crippen molar-refractivity contribution in [1.82, 2.24) is 10.2 Å². The fourth-order valence-electron chi connectivity index (χ4n) is 5.26. The number of carbonyl (C=O) groups is 2.